The smallest absolute Gasteiger partial charge is 0.238 e. The lowest BCUT2D eigenvalue weighted by Gasteiger charge is -2.33. The largest absolute Gasteiger partial charge is 0.352 e. The monoisotopic (exact) mass is 239 g/mol. The van der Waals surface area contributed by atoms with Gasteiger partial charge in [0.25, 0.3) is 0 Å². The Morgan fingerprint density at radius 3 is 2.82 bits per heavy atom. The average Bonchev–Trinajstić information content (AvgIpc) is 2.40. The van der Waals surface area contributed by atoms with Crippen LogP contribution in [0.15, 0.2) is 0 Å². The quantitative estimate of drug-likeness (QED) is 0.677. The van der Waals surface area contributed by atoms with Crippen molar-refractivity contribution < 1.29 is 4.79 Å². The van der Waals surface area contributed by atoms with E-state index in [2.05, 4.69) is 22.9 Å². The summed E-state index contributed by atoms with van der Waals surface area (Å²) in [7, 11) is 0. The molecular formula is C13H25N3O. The Balaban J connectivity index is 1.83. The zero-order valence-electron chi connectivity index (χ0n) is 10.8. The SMILES string of the molecule is CCC1CCCCC1NC(=O)C1CNCCN1. The molecule has 3 N–H and O–H groups in total. The summed E-state index contributed by atoms with van der Waals surface area (Å²) in [4.78, 5) is 12.1. The summed E-state index contributed by atoms with van der Waals surface area (Å²) in [5.74, 6) is 0.867. The molecule has 2 fully saturated rings. The molecule has 4 heteroatoms. The average molecular weight is 239 g/mol. The van der Waals surface area contributed by atoms with Crippen LogP contribution in [0.5, 0.6) is 0 Å². The van der Waals surface area contributed by atoms with Crippen LogP contribution in [0.1, 0.15) is 39.0 Å². The van der Waals surface area contributed by atoms with Gasteiger partial charge >= 0.3 is 0 Å². The molecule has 4 nitrogen and oxygen atoms in total. The third-order valence-electron chi connectivity index (χ3n) is 4.12. The minimum atomic E-state index is -0.0387. The fourth-order valence-electron chi connectivity index (χ4n) is 3.01. The van der Waals surface area contributed by atoms with Crippen molar-refractivity contribution in [1.29, 1.82) is 0 Å². The van der Waals surface area contributed by atoms with E-state index in [1.54, 1.807) is 0 Å². The molecule has 0 radical (unpaired) electrons. The second kappa shape index (κ2) is 6.36. The maximum absolute atomic E-state index is 12.1. The Bertz CT molecular complexity index is 251. The molecule has 1 aliphatic heterocycles. The summed E-state index contributed by atoms with van der Waals surface area (Å²) in [6.07, 6.45) is 6.20. The van der Waals surface area contributed by atoms with Gasteiger partial charge in [0.2, 0.25) is 5.91 Å². The molecule has 2 rings (SSSR count). The van der Waals surface area contributed by atoms with E-state index in [0.717, 1.165) is 26.1 Å². The van der Waals surface area contributed by atoms with Crippen LogP contribution in [0.4, 0.5) is 0 Å². The van der Waals surface area contributed by atoms with Gasteiger partial charge in [0.15, 0.2) is 0 Å². The Morgan fingerprint density at radius 2 is 2.12 bits per heavy atom. The van der Waals surface area contributed by atoms with Gasteiger partial charge in [0.05, 0.1) is 6.04 Å². The second-order valence-electron chi connectivity index (χ2n) is 5.28. The minimum Gasteiger partial charge on any atom is -0.352 e. The number of carbonyl (C=O) groups is 1. The van der Waals surface area contributed by atoms with E-state index in [-0.39, 0.29) is 11.9 Å². The first-order valence-corrected chi connectivity index (χ1v) is 7.05. The number of rotatable bonds is 3. The Hall–Kier alpha value is -0.610. The van der Waals surface area contributed by atoms with Crippen LogP contribution >= 0.6 is 0 Å². The van der Waals surface area contributed by atoms with Gasteiger partial charge < -0.3 is 16.0 Å². The third kappa shape index (κ3) is 3.42. The van der Waals surface area contributed by atoms with Gasteiger partial charge in [-0.05, 0) is 18.8 Å². The third-order valence-corrected chi connectivity index (χ3v) is 4.12. The second-order valence-corrected chi connectivity index (χ2v) is 5.28. The van der Waals surface area contributed by atoms with E-state index < -0.39 is 0 Å². The minimum absolute atomic E-state index is 0.0387. The summed E-state index contributed by atoms with van der Waals surface area (Å²) >= 11 is 0. The van der Waals surface area contributed by atoms with Gasteiger partial charge in [-0.25, -0.2) is 0 Å². The number of nitrogens with one attached hydrogen (secondary N) is 3. The Labute approximate surface area is 104 Å². The van der Waals surface area contributed by atoms with Crippen molar-refractivity contribution in [3.63, 3.8) is 0 Å². The molecule has 1 saturated heterocycles. The summed E-state index contributed by atoms with van der Waals surface area (Å²) in [5.41, 5.74) is 0. The van der Waals surface area contributed by atoms with E-state index in [0.29, 0.717) is 12.0 Å². The fourth-order valence-corrected chi connectivity index (χ4v) is 3.01. The first kappa shape index (κ1) is 12.8. The predicted octanol–water partition coefficient (Wildman–Crippen LogP) is 0.633. The molecule has 3 unspecified atom stereocenters. The topological polar surface area (TPSA) is 53.2 Å². The van der Waals surface area contributed by atoms with Crippen LogP contribution in [0.3, 0.4) is 0 Å². The van der Waals surface area contributed by atoms with Crippen LogP contribution in [0.2, 0.25) is 0 Å². The molecule has 1 saturated carbocycles. The molecule has 0 aromatic carbocycles. The Kier molecular flexibility index (Phi) is 4.80. The van der Waals surface area contributed by atoms with Gasteiger partial charge in [0, 0.05) is 25.7 Å². The standard InChI is InChI=1S/C13H25N3O/c1-2-10-5-3-4-6-11(10)16-13(17)12-9-14-7-8-15-12/h10-12,14-15H,2-9H2,1H3,(H,16,17). The van der Waals surface area contributed by atoms with Crippen molar-refractivity contribution in [2.75, 3.05) is 19.6 Å². The molecule has 98 valence electrons. The van der Waals surface area contributed by atoms with E-state index >= 15 is 0 Å². The lowest BCUT2D eigenvalue weighted by molar-refractivity contribution is -0.124. The van der Waals surface area contributed by atoms with Gasteiger partial charge in [-0.3, -0.25) is 4.79 Å². The van der Waals surface area contributed by atoms with Gasteiger partial charge in [-0.2, -0.15) is 0 Å². The van der Waals surface area contributed by atoms with Crippen molar-refractivity contribution in [3.05, 3.63) is 0 Å². The maximum Gasteiger partial charge on any atom is 0.238 e. The highest BCUT2D eigenvalue weighted by Crippen LogP contribution is 2.26. The molecule has 17 heavy (non-hydrogen) atoms. The fraction of sp³-hybridized carbons (Fsp3) is 0.923. The van der Waals surface area contributed by atoms with Crippen molar-refractivity contribution in [2.45, 2.75) is 51.1 Å². The number of amides is 1. The molecule has 0 aromatic heterocycles. The lowest BCUT2D eigenvalue weighted by atomic mass is 9.83. The van der Waals surface area contributed by atoms with E-state index in [1.165, 1.54) is 25.7 Å². The zero-order valence-corrected chi connectivity index (χ0v) is 10.8. The van der Waals surface area contributed by atoms with Gasteiger partial charge in [-0.15, -0.1) is 0 Å². The van der Waals surface area contributed by atoms with Gasteiger partial charge in [0.1, 0.15) is 0 Å². The zero-order chi connectivity index (χ0) is 12.1. The van der Waals surface area contributed by atoms with Gasteiger partial charge in [-0.1, -0.05) is 26.2 Å². The summed E-state index contributed by atoms with van der Waals surface area (Å²) in [6, 6.07) is 0.369. The van der Waals surface area contributed by atoms with Crippen molar-refractivity contribution in [2.24, 2.45) is 5.92 Å². The van der Waals surface area contributed by atoms with Crippen LogP contribution in [-0.4, -0.2) is 37.6 Å². The van der Waals surface area contributed by atoms with Crippen LogP contribution in [0, 0.1) is 5.92 Å². The molecule has 1 heterocycles. The summed E-state index contributed by atoms with van der Waals surface area (Å²) in [6.45, 7) is 4.84. The Morgan fingerprint density at radius 1 is 1.29 bits per heavy atom. The molecule has 1 aliphatic carbocycles. The molecule has 0 spiro atoms. The first-order valence-electron chi connectivity index (χ1n) is 7.05. The highest BCUT2D eigenvalue weighted by molar-refractivity contribution is 5.82. The van der Waals surface area contributed by atoms with Crippen molar-refractivity contribution in [1.82, 2.24) is 16.0 Å². The first-order chi connectivity index (χ1) is 8.31. The molecule has 0 bridgehead atoms. The van der Waals surface area contributed by atoms with Crippen molar-refractivity contribution >= 4 is 5.91 Å². The van der Waals surface area contributed by atoms with E-state index in [4.69, 9.17) is 0 Å². The predicted molar refractivity (Wildman–Crippen MR) is 68.8 cm³/mol. The number of piperazine rings is 1. The summed E-state index contributed by atoms with van der Waals surface area (Å²) in [5, 5.41) is 9.77. The highest BCUT2D eigenvalue weighted by atomic mass is 16.2. The van der Waals surface area contributed by atoms with Crippen molar-refractivity contribution in [3.8, 4) is 0 Å². The number of hydrogen-bond acceptors (Lipinski definition) is 3. The number of hydrogen-bond donors (Lipinski definition) is 3. The maximum atomic E-state index is 12.1. The number of carbonyl (C=O) groups excluding carboxylic acids is 1. The molecule has 1 amide bonds. The highest BCUT2D eigenvalue weighted by Gasteiger charge is 2.28. The molecule has 3 atom stereocenters. The lowest BCUT2D eigenvalue weighted by Crippen LogP contribution is -2.58. The van der Waals surface area contributed by atoms with Crippen LogP contribution < -0.4 is 16.0 Å². The van der Waals surface area contributed by atoms with E-state index in [1.807, 2.05) is 0 Å². The van der Waals surface area contributed by atoms with E-state index in [9.17, 15) is 4.79 Å². The molecular weight excluding hydrogens is 214 g/mol. The van der Waals surface area contributed by atoms with Crippen LogP contribution in [-0.2, 0) is 4.79 Å². The molecule has 2 aliphatic rings. The normalized spacial score (nSPS) is 34.3. The summed E-state index contributed by atoms with van der Waals surface area (Å²) < 4.78 is 0. The van der Waals surface area contributed by atoms with Crippen LogP contribution in [0.25, 0.3) is 0 Å². The molecule has 0 aromatic rings.